The number of hydrogen-bond acceptors (Lipinski definition) is 2. The summed E-state index contributed by atoms with van der Waals surface area (Å²) < 4.78 is 0. The first-order chi connectivity index (χ1) is 14.2. The average molecular weight is 401 g/mol. The van der Waals surface area contributed by atoms with Gasteiger partial charge in [0.1, 0.15) is 0 Å². The van der Waals surface area contributed by atoms with Crippen molar-refractivity contribution in [2.75, 3.05) is 10.6 Å². The van der Waals surface area contributed by atoms with E-state index in [9.17, 15) is 0 Å². The maximum Gasteiger partial charge on any atom is 0.0385 e. The number of rotatable bonds is 8. The minimum Gasteiger partial charge on any atom is -0.356 e. The van der Waals surface area contributed by atoms with E-state index in [0.717, 1.165) is 35.6 Å². The zero-order valence-corrected chi connectivity index (χ0v) is 19.3. The van der Waals surface area contributed by atoms with E-state index in [1.165, 1.54) is 11.1 Å². The summed E-state index contributed by atoms with van der Waals surface area (Å²) in [6.45, 7) is 13.6. The summed E-state index contributed by atoms with van der Waals surface area (Å²) in [6.07, 6.45) is 2.26. The Balaban J connectivity index is 1.63. The quantitative estimate of drug-likeness (QED) is 0.396. The summed E-state index contributed by atoms with van der Waals surface area (Å²) in [5.74, 6) is 0. The molecule has 0 saturated heterocycles. The van der Waals surface area contributed by atoms with Crippen molar-refractivity contribution in [3.8, 4) is 0 Å². The molecule has 158 valence electrons. The SMILES string of the molecule is CCC(C)(C)c1ccc(Nc2ccc(Nc3ccc(C(C)(C)CC)cc3)cc2)cc1. The fraction of sp³-hybridized carbons (Fsp3) is 0.357. The second-order valence-electron chi connectivity index (χ2n) is 9.46. The third-order valence-electron chi connectivity index (χ3n) is 6.56. The molecule has 3 aromatic carbocycles. The average Bonchev–Trinajstić information content (AvgIpc) is 2.76. The topological polar surface area (TPSA) is 24.1 Å². The molecule has 2 heteroatoms. The summed E-state index contributed by atoms with van der Waals surface area (Å²) >= 11 is 0. The smallest absolute Gasteiger partial charge is 0.0385 e. The van der Waals surface area contributed by atoms with Crippen molar-refractivity contribution >= 4 is 22.7 Å². The van der Waals surface area contributed by atoms with Gasteiger partial charge in [-0.2, -0.15) is 0 Å². The van der Waals surface area contributed by atoms with Gasteiger partial charge in [-0.05, 0) is 83.3 Å². The molecular weight excluding hydrogens is 364 g/mol. The molecule has 0 aromatic heterocycles. The summed E-state index contributed by atoms with van der Waals surface area (Å²) in [5.41, 5.74) is 7.59. The highest BCUT2D eigenvalue weighted by molar-refractivity contribution is 5.66. The van der Waals surface area contributed by atoms with E-state index in [4.69, 9.17) is 0 Å². The molecule has 0 radical (unpaired) electrons. The molecule has 0 unspecified atom stereocenters. The molecule has 3 aromatic rings. The van der Waals surface area contributed by atoms with Gasteiger partial charge in [-0.1, -0.05) is 65.8 Å². The fourth-order valence-electron chi connectivity index (χ4n) is 3.39. The van der Waals surface area contributed by atoms with Crippen LogP contribution in [0.5, 0.6) is 0 Å². The normalized spacial score (nSPS) is 11.9. The Morgan fingerprint density at radius 3 is 0.933 bits per heavy atom. The lowest BCUT2D eigenvalue weighted by molar-refractivity contribution is 0.506. The number of hydrogen-bond donors (Lipinski definition) is 2. The van der Waals surface area contributed by atoms with E-state index in [-0.39, 0.29) is 10.8 Å². The first-order valence-electron chi connectivity index (χ1n) is 11.1. The molecule has 0 aliphatic rings. The molecule has 0 fully saturated rings. The Labute approximate surface area is 182 Å². The van der Waals surface area contributed by atoms with Gasteiger partial charge in [0.25, 0.3) is 0 Å². The van der Waals surface area contributed by atoms with Gasteiger partial charge in [0.2, 0.25) is 0 Å². The molecular formula is C28H36N2. The Morgan fingerprint density at radius 2 is 0.700 bits per heavy atom. The molecule has 0 heterocycles. The van der Waals surface area contributed by atoms with Crippen molar-refractivity contribution in [2.24, 2.45) is 0 Å². The van der Waals surface area contributed by atoms with Gasteiger partial charge in [0.05, 0.1) is 0 Å². The van der Waals surface area contributed by atoms with Crippen LogP contribution < -0.4 is 10.6 Å². The van der Waals surface area contributed by atoms with Crippen molar-refractivity contribution in [2.45, 2.75) is 65.2 Å². The van der Waals surface area contributed by atoms with Gasteiger partial charge in [0.15, 0.2) is 0 Å². The molecule has 0 saturated carbocycles. The first-order valence-corrected chi connectivity index (χ1v) is 11.1. The van der Waals surface area contributed by atoms with Crippen LogP contribution in [0.2, 0.25) is 0 Å². The maximum absolute atomic E-state index is 3.49. The standard InChI is InChI=1S/C28H36N2/c1-7-27(3,4)21-9-13-23(14-10-21)29-25-17-19-26(20-18-25)30-24-15-11-22(12-16-24)28(5,6)8-2/h9-20,29-30H,7-8H2,1-6H3. The lowest BCUT2D eigenvalue weighted by atomic mass is 9.82. The van der Waals surface area contributed by atoms with Crippen LogP contribution in [0, 0.1) is 0 Å². The van der Waals surface area contributed by atoms with Crippen LogP contribution in [0.15, 0.2) is 72.8 Å². The predicted molar refractivity (Wildman–Crippen MR) is 133 cm³/mol. The Morgan fingerprint density at radius 1 is 0.467 bits per heavy atom. The highest BCUT2D eigenvalue weighted by Gasteiger charge is 2.18. The van der Waals surface area contributed by atoms with Gasteiger partial charge in [-0.15, -0.1) is 0 Å². The highest BCUT2D eigenvalue weighted by Crippen LogP contribution is 2.30. The molecule has 0 aliphatic carbocycles. The number of benzene rings is 3. The first kappa shape index (κ1) is 22.0. The van der Waals surface area contributed by atoms with Crippen LogP contribution in [0.4, 0.5) is 22.7 Å². The number of nitrogens with one attached hydrogen (secondary N) is 2. The molecule has 2 nitrogen and oxygen atoms in total. The molecule has 0 aliphatic heterocycles. The van der Waals surface area contributed by atoms with Crippen LogP contribution in [-0.2, 0) is 10.8 Å². The van der Waals surface area contributed by atoms with Crippen LogP contribution >= 0.6 is 0 Å². The van der Waals surface area contributed by atoms with E-state index in [1.54, 1.807) is 0 Å². The van der Waals surface area contributed by atoms with Crippen molar-refractivity contribution in [3.05, 3.63) is 83.9 Å². The van der Waals surface area contributed by atoms with E-state index in [1.807, 2.05) is 0 Å². The predicted octanol–water partition coefficient (Wildman–Crippen LogP) is 8.55. The van der Waals surface area contributed by atoms with Crippen molar-refractivity contribution in [1.82, 2.24) is 0 Å². The van der Waals surface area contributed by atoms with E-state index < -0.39 is 0 Å². The lowest BCUT2D eigenvalue weighted by Gasteiger charge is -2.23. The highest BCUT2D eigenvalue weighted by atomic mass is 14.9. The third kappa shape index (κ3) is 5.24. The van der Waals surface area contributed by atoms with Gasteiger partial charge in [-0.25, -0.2) is 0 Å². The molecule has 30 heavy (non-hydrogen) atoms. The zero-order valence-electron chi connectivity index (χ0n) is 19.3. The van der Waals surface area contributed by atoms with E-state index in [0.29, 0.717) is 0 Å². The lowest BCUT2D eigenvalue weighted by Crippen LogP contribution is -2.15. The molecule has 0 spiro atoms. The van der Waals surface area contributed by atoms with Crippen LogP contribution in [-0.4, -0.2) is 0 Å². The van der Waals surface area contributed by atoms with Gasteiger partial charge in [0, 0.05) is 22.7 Å². The van der Waals surface area contributed by atoms with Crippen molar-refractivity contribution in [3.63, 3.8) is 0 Å². The second kappa shape index (κ2) is 8.95. The molecule has 0 amide bonds. The molecule has 0 bridgehead atoms. The van der Waals surface area contributed by atoms with Gasteiger partial charge in [-0.3, -0.25) is 0 Å². The van der Waals surface area contributed by atoms with Crippen LogP contribution in [0.25, 0.3) is 0 Å². The summed E-state index contributed by atoms with van der Waals surface area (Å²) in [5, 5.41) is 6.99. The Hall–Kier alpha value is -2.74. The second-order valence-corrected chi connectivity index (χ2v) is 9.46. The number of anilines is 4. The monoisotopic (exact) mass is 400 g/mol. The maximum atomic E-state index is 3.49. The summed E-state index contributed by atoms with van der Waals surface area (Å²) in [4.78, 5) is 0. The van der Waals surface area contributed by atoms with Crippen molar-refractivity contribution < 1.29 is 0 Å². The minimum absolute atomic E-state index is 0.219. The summed E-state index contributed by atoms with van der Waals surface area (Å²) in [6, 6.07) is 26.0. The van der Waals surface area contributed by atoms with E-state index in [2.05, 4.69) is 125 Å². The van der Waals surface area contributed by atoms with E-state index >= 15 is 0 Å². The molecule has 3 rings (SSSR count). The summed E-state index contributed by atoms with van der Waals surface area (Å²) in [7, 11) is 0. The Bertz CT molecular complexity index is 853. The largest absolute Gasteiger partial charge is 0.356 e. The Kier molecular flexibility index (Phi) is 6.55. The minimum atomic E-state index is 0.219. The van der Waals surface area contributed by atoms with Gasteiger partial charge >= 0.3 is 0 Å². The third-order valence-corrected chi connectivity index (χ3v) is 6.56. The molecule has 0 atom stereocenters. The van der Waals surface area contributed by atoms with Crippen LogP contribution in [0.3, 0.4) is 0 Å². The van der Waals surface area contributed by atoms with Gasteiger partial charge < -0.3 is 10.6 Å². The molecule has 2 N–H and O–H groups in total. The van der Waals surface area contributed by atoms with Crippen LogP contribution in [0.1, 0.15) is 65.5 Å². The fourth-order valence-corrected chi connectivity index (χ4v) is 3.39. The zero-order chi connectivity index (χ0) is 21.8. The van der Waals surface area contributed by atoms with Crippen molar-refractivity contribution in [1.29, 1.82) is 0 Å².